The van der Waals surface area contributed by atoms with Gasteiger partial charge in [0.2, 0.25) is 5.91 Å². The zero-order valence-electron chi connectivity index (χ0n) is 11.2. The topological polar surface area (TPSA) is 75.7 Å². The van der Waals surface area contributed by atoms with Crippen molar-refractivity contribution in [3.63, 3.8) is 0 Å². The Balaban J connectivity index is 2.51. The highest BCUT2D eigenvalue weighted by atomic mass is 79.9. The maximum atomic E-state index is 11.9. The van der Waals surface area contributed by atoms with E-state index in [2.05, 4.69) is 26.0 Å². The quantitative estimate of drug-likeness (QED) is 0.803. The Morgan fingerprint density at radius 1 is 1.30 bits per heavy atom. The Bertz CT molecular complexity index is 519. The number of methoxy groups -OCH3 is 1. The fourth-order valence-electron chi connectivity index (χ4n) is 1.38. The summed E-state index contributed by atoms with van der Waals surface area (Å²) in [4.78, 5) is 35.8. The highest BCUT2D eigenvalue weighted by Gasteiger charge is 2.15. The van der Waals surface area contributed by atoms with Gasteiger partial charge in [0, 0.05) is 11.5 Å². The van der Waals surface area contributed by atoms with E-state index in [0.29, 0.717) is 10.0 Å². The number of halogens is 1. The second-order valence-corrected chi connectivity index (χ2v) is 4.84. The lowest BCUT2D eigenvalue weighted by atomic mass is 10.2. The molecule has 0 aromatic heterocycles. The van der Waals surface area contributed by atoms with Crippen LogP contribution in [0.25, 0.3) is 0 Å². The highest BCUT2D eigenvalue weighted by molar-refractivity contribution is 9.10. The van der Waals surface area contributed by atoms with E-state index in [9.17, 15) is 14.4 Å². The lowest BCUT2D eigenvalue weighted by Gasteiger charge is -2.16. The van der Waals surface area contributed by atoms with Crippen molar-refractivity contribution >= 4 is 33.7 Å². The van der Waals surface area contributed by atoms with Gasteiger partial charge >= 0.3 is 5.97 Å². The summed E-state index contributed by atoms with van der Waals surface area (Å²) in [5, 5.41) is 2.50. The maximum Gasteiger partial charge on any atom is 0.325 e. The number of rotatable bonds is 5. The van der Waals surface area contributed by atoms with E-state index in [1.165, 1.54) is 19.1 Å². The third-order valence-corrected chi connectivity index (χ3v) is 3.23. The molecule has 6 nitrogen and oxygen atoms in total. The average Bonchev–Trinajstić information content (AvgIpc) is 2.44. The standard InChI is InChI=1S/C13H15BrN2O4/c1-16(8-12(18)20-2)11(17)7-15-13(19)9-5-3-4-6-10(9)14/h3-6H,7-8H2,1-2H3,(H,15,19). The molecule has 20 heavy (non-hydrogen) atoms. The third-order valence-electron chi connectivity index (χ3n) is 2.54. The van der Waals surface area contributed by atoms with Crippen LogP contribution in [0, 0.1) is 0 Å². The number of likely N-dealkylation sites (N-methyl/N-ethyl adjacent to an activating group) is 1. The zero-order chi connectivity index (χ0) is 15.1. The number of esters is 1. The minimum absolute atomic E-state index is 0.153. The smallest absolute Gasteiger partial charge is 0.325 e. The SMILES string of the molecule is COC(=O)CN(C)C(=O)CNC(=O)c1ccccc1Br. The van der Waals surface area contributed by atoms with E-state index in [-0.39, 0.29) is 24.9 Å². The molecule has 0 radical (unpaired) electrons. The van der Waals surface area contributed by atoms with Crippen LogP contribution in [0.3, 0.4) is 0 Å². The van der Waals surface area contributed by atoms with Crippen molar-refractivity contribution in [3.8, 4) is 0 Å². The van der Waals surface area contributed by atoms with Crippen molar-refractivity contribution in [2.75, 3.05) is 27.2 Å². The molecular formula is C13H15BrN2O4. The van der Waals surface area contributed by atoms with Crippen molar-refractivity contribution < 1.29 is 19.1 Å². The van der Waals surface area contributed by atoms with Crippen molar-refractivity contribution in [1.29, 1.82) is 0 Å². The zero-order valence-corrected chi connectivity index (χ0v) is 12.8. The molecule has 108 valence electrons. The number of ether oxygens (including phenoxy) is 1. The largest absolute Gasteiger partial charge is 0.468 e. The highest BCUT2D eigenvalue weighted by Crippen LogP contribution is 2.15. The molecule has 1 aromatic carbocycles. The molecular weight excluding hydrogens is 328 g/mol. The first kappa shape index (κ1) is 16.2. The lowest BCUT2D eigenvalue weighted by Crippen LogP contribution is -2.40. The Hall–Kier alpha value is -1.89. The molecule has 7 heteroatoms. The Labute approximate surface area is 125 Å². The number of hydrogen-bond acceptors (Lipinski definition) is 4. The number of benzene rings is 1. The molecule has 1 N–H and O–H groups in total. The summed E-state index contributed by atoms with van der Waals surface area (Å²) in [5.74, 6) is -1.26. The first-order chi connectivity index (χ1) is 9.45. The second-order valence-electron chi connectivity index (χ2n) is 3.99. The van der Waals surface area contributed by atoms with E-state index >= 15 is 0 Å². The van der Waals surface area contributed by atoms with Crippen LogP contribution in [0.15, 0.2) is 28.7 Å². The number of carbonyl (C=O) groups excluding carboxylic acids is 3. The predicted molar refractivity (Wildman–Crippen MR) is 76.1 cm³/mol. The molecule has 0 saturated carbocycles. The Morgan fingerprint density at radius 2 is 1.95 bits per heavy atom. The average molecular weight is 343 g/mol. The van der Waals surface area contributed by atoms with Crippen LogP contribution in [0.4, 0.5) is 0 Å². The number of carbonyl (C=O) groups is 3. The molecule has 0 saturated heterocycles. The molecule has 0 bridgehead atoms. The predicted octanol–water partition coefficient (Wildman–Crippen LogP) is 0.810. The number of nitrogens with zero attached hydrogens (tertiary/aromatic N) is 1. The summed E-state index contributed by atoms with van der Waals surface area (Å²) >= 11 is 3.26. The van der Waals surface area contributed by atoms with Crippen molar-refractivity contribution in [2.24, 2.45) is 0 Å². The van der Waals surface area contributed by atoms with Gasteiger partial charge in [-0.15, -0.1) is 0 Å². The molecule has 0 aliphatic heterocycles. The molecule has 0 aliphatic rings. The Morgan fingerprint density at radius 3 is 2.55 bits per heavy atom. The van der Waals surface area contributed by atoms with Crippen LogP contribution in [0.1, 0.15) is 10.4 Å². The van der Waals surface area contributed by atoms with Gasteiger partial charge in [-0.05, 0) is 28.1 Å². The molecule has 1 rings (SSSR count). The summed E-state index contributed by atoms with van der Waals surface area (Å²) in [6, 6.07) is 6.89. The molecule has 2 amide bonds. The van der Waals surface area contributed by atoms with Gasteiger partial charge in [-0.3, -0.25) is 14.4 Å². The second kappa shape index (κ2) is 7.64. The first-order valence-corrected chi connectivity index (χ1v) is 6.58. The summed E-state index contributed by atoms with van der Waals surface area (Å²) in [7, 11) is 2.71. The van der Waals surface area contributed by atoms with Gasteiger partial charge in [-0.2, -0.15) is 0 Å². The van der Waals surface area contributed by atoms with Gasteiger partial charge < -0.3 is 15.0 Å². The molecule has 0 unspecified atom stereocenters. The normalized spacial score (nSPS) is 9.75. The molecule has 0 fully saturated rings. The van der Waals surface area contributed by atoms with E-state index < -0.39 is 5.97 Å². The van der Waals surface area contributed by atoms with E-state index in [0.717, 1.165) is 0 Å². The monoisotopic (exact) mass is 342 g/mol. The first-order valence-electron chi connectivity index (χ1n) is 5.79. The van der Waals surface area contributed by atoms with E-state index in [4.69, 9.17) is 0 Å². The summed E-state index contributed by atoms with van der Waals surface area (Å²) in [6.45, 7) is -0.339. The number of amides is 2. The minimum Gasteiger partial charge on any atom is -0.468 e. The van der Waals surface area contributed by atoms with Gasteiger partial charge in [-0.1, -0.05) is 12.1 Å². The summed E-state index contributed by atoms with van der Waals surface area (Å²) < 4.78 is 5.10. The maximum absolute atomic E-state index is 11.9. The molecule has 0 spiro atoms. The fraction of sp³-hybridized carbons (Fsp3) is 0.308. The van der Waals surface area contributed by atoms with Crippen molar-refractivity contribution in [1.82, 2.24) is 10.2 Å². The van der Waals surface area contributed by atoms with Crippen LogP contribution in [-0.4, -0.2) is 49.9 Å². The molecule has 1 aromatic rings. The molecule has 0 atom stereocenters. The lowest BCUT2D eigenvalue weighted by molar-refractivity contribution is -0.145. The Kier molecular flexibility index (Phi) is 6.17. The number of hydrogen-bond donors (Lipinski definition) is 1. The van der Waals surface area contributed by atoms with Gasteiger partial charge in [0.05, 0.1) is 19.2 Å². The summed E-state index contributed by atoms with van der Waals surface area (Å²) in [5.41, 5.74) is 0.441. The number of nitrogens with one attached hydrogen (secondary N) is 1. The van der Waals surface area contributed by atoms with E-state index in [1.807, 2.05) is 0 Å². The van der Waals surface area contributed by atoms with E-state index in [1.54, 1.807) is 24.3 Å². The van der Waals surface area contributed by atoms with Gasteiger partial charge in [-0.25, -0.2) is 0 Å². The van der Waals surface area contributed by atoms with Gasteiger partial charge in [0.15, 0.2) is 0 Å². The third kappa shape index (κ3) is 4.65. The van der Waals surface area contributed by atoms with Gasteiger partial charge in [0.25, 0.3) is 5.91 Å². The van der Waals surface area contributed by atoms with Crippen LogP contribution in [0.2, 0.25) is 0 Å². The molecule has 0 aliphatic carbocycles. The van der Waals surface area contributed by atoms with Crippen LogP contribution < -0.4 is 5.32 Å². The molecule has 0 heterocycles. The summed E-state index contributed by atoms with van der Waals surface area (Å²) in [6.07, 6.45) is 0. The fourth-order valence-corrected chi connectivity index (χ4v) is 1.84. The van der Waals surface area contributed by atoms with Crippen molar-refractivity contribution in [3.05, 3.63) is 34.3 Å². The van der Waals surface area contributed by atoms with Crippen LogP contribution in [-0.2, 0) is 14.3 Å². The van der Waals surface area contributed by atoms with Crippen molar-refractivity contribution in [2.45, 2.75) is 0 Å². The van der Waals surface area contributed by atoms with Crippen LogP contribution >= 0.6 is 15.9 Å². The van der Waals surface area contributed by atoms with Crippen LogP contribution in [0.5, 0.6) is 0 Å². The van der Waals surface area contributed by atoms with Gasteiger partial charge in [0.1, 0.15) is 6.54 Å². The minimum atomic E-state index is -0.516.